The predicted octanol–water partition coefficient (Wildman–Crippen LogP) is 4.41. The second-order valence-corrected chi connectivity index (χ2v) is 9.53. The van der Waals surface area contributed by atoms with Gasteiger partial charge in [-0.15, -0.1) is 13.2 Å². The lowest BCUT2D eigenvalue weighted by molar-refractivity contribution is -0.203. The number of rotatable bonds is 4. The molecule has 11 heteroatoms. The van der Waals surface area contributed by atoms with Crippen LogP contribution in [0.1, 0.15) is 37.7 Å². The maximum Gasteiger partial charge on any atom is 0.493 e. The fourth-order valence-electron chi connectivity index (χ4n) is 4.54. The summed E-state index contributed by atoms with van der Waals surface area (Å²) >= 11 is 0. The number of anilines is 2. The van der Waals surface area contributed by atoms with E-state index >= 15 is 0 Å². The van der Waals surface area contributed by atoms with Gasteiger partial charge in [0.2, 0.25) is 5.95 Å². The van der Waals surface area contributed by atoms with Gasteiger partial charge in [0.1, 0.15) is 18.0 Å². The van der Waals surface area contributed by atoms with Crippen LogP contribution >= 0.6 is 0 Å². The van der Waals surface area contributed by atoms with E-state index in [4.69, 9.17) is 9.47 Å². The highest BCUT2D eigenvalue weighted by molar-refractivity contribution is 5.77. The standard InChI is InChI=1S/C27H28F3N5O3/c1-34-13-11-23(12-14-34)38-22-9-6-20(7-10-22)32-26-31-17-19-16-18(5-8-21-4-2-3-15-37-21)25(36)35(24(19)33-26)27(28,29)30/h6-7,9-10,16-17,21,23H,2-4,11-15H2,1H3,(H,31,32,33). The van der Waals surface area contributed by atoms with Crippen molar-refractivity contribution in [1.82, 2.24) is 19.4 Å². The van der Waals surface area contributed by atoms with E-state index in [1.807, 2.05) is 0 Å². The summed E-state index contributed by atoms with van der Waals surface area (Å²) in [5.41, 5.74) is -1.56. The Bertz CT molecular complexity index is 1400. The number of halogens is 3. The van der Waals surface area contributed by atoms with Crippen LogP contribution in [-0.2, 0) is 11.0 Å². The predicted molar refractivity (Wildman–Crippen MR) is 136 cm³/mol. The Morgan fingerprint density at radius 1 is 1.13 bits per heavy atom. The molecule has 5 rings (SSSR count). The Morgan fingerprint density at radius 2 is 1.89 bits per heavy atom. The highest BCUT2D eigenvalue weighted by Gasteiger charge is 2.35. The first-order valence-corrected chi connectivity index (χ1v) is 12.6. The molecule has 2 fully saturated rings. The molecule has 1 aromatic carbocycles. The van der Waals surface area contributed by atoms with Gasteiger partial charge in [0.15, 0.2) is 5.65 Å². The molecular formula is C27H28F3N5O3. The quantitative estimate of drug-likeness (QED) is 0.504. The first-order valence-electron chi connectivity index (χ1n) is 12.6. The van der Waals surface area contributed by atoms with Gasteiger partial charge in [0.05, 0.1) is 5.56 Å². The average Bonchev–Trinajstić information content (AvgIpc) is 2.90. The molecule has 3 aromatic rings. The third kappa shape index (κ3) is 6.09. The molecule has 2 aliphatic heterocycles. The molecule has 0 amide bonds. The number of hydrogen-bond donors (Lipinski definition) is 1. The largest absolute Gasteiger partial charge is 0.493 e. The summed E-state index contributed by atoms with van der Waals surface area (Å²) in [7, 11) is 2.08. The smallest absolute Gasteiger partial charge is 0.490 e. The van der Waals surface area contributed by atoms with E-state index in [-0.39, 0.29) is 27.6 Å². The number of alkyl halides is 3. The number of pyridine rings is 1. The monoisotopic (exact) mass is 527 g/mol. The molecule has 2 saturated heterocycles. The Balaban J connectivity index is 1.38. The number of hydrogen-bond acceptors (Lipinski definition) is 7. The van der Waals surface area contributed by atoms with Crippen molar-refractivity contribution in [2.75, 3.05) is 32.1 Å². The number of aromatic nitrogens is 3. The van der Waals surface area contributed by atoms with Crippen molar-refractivity contribution < 1.29 is 22.6 Å². The summed E-state index contributed by atoms with van der Waals surface area (Å²) in [4.78, 5) is 23.2. The number of nitrogens with one attached hydrogen (secondary N) is 1. The van der Waals surface area contributed by atoms with Crippen LogP contribution in [0.15, 0.2) is 41.3 Å². The minimum atomic E-state index is -4.99. The molecule has 1 N–H and O–H groups in total. The topological polar surface area (TPSA) is 81.5 Å². The molecule has 0 bridgehead atoms. The van der Waals surface area contributed by atoms with E-state index in [2.05, 4.69) is 39.1 Å². The highest BCUT2D eigenvalue weighted by Crippen LogP contribution is 2.27. The SMILES string of the molecule is CN1CCC(Oc2ccc(Nc3ncc4cc(C#CC5CCCCO5)c(=O)n(C(F)(F)F)c4n3)cc2)CC1. The maximum absolute atomic E-state index is 14.0. The molecule has 4 heterocycles. The zero-order valence-corrected chi connectivity index (χ0v) is 20.9. The van der Waals surface area contributed by atoms with Gasteiger partial charge in [0.25, 0.3) is 5.56 Å². The second-order valence-electron chi connectivity index (χ2n) is 9.53. The Kier molecular flexibility index (Phi) is 7.53. The molecule has 0 saturated carbocycles. The molecule has 38 heavy (non-hydrogen) atoms. The summed E-state index contributed by atoms with van der Waals surface area (Å²) in [6.45, 7) is 2.51. The molecule has 8 nitrogen and oxygen atoms in total. The van der Waals surface area contributed by atoms with Crippen molar-refractivity contribution in [2.24, 2.45) is 0 Å². The van der Waals surface area contributed by atoms with Crippen LogP contribution in [0.2, 0.25) is 0 Å². The molecule has 2 aliphatic rings. The van der Waals surface area contributed by atoms with Crippen LogP contribution in [0.25, 0.3) is 11.0 Å². The van der Waals surface area contributed by atoms with Gasteiger partial charge in [-0.05, 0) is 69.5 Å². The number of fused-ring (bicyclic) bond motifs is 1. The van der Waals surface area contributed by atoms with Crippen LogP contribution in [0.5, 0.6) is 5.75 Å². The number of benzene rings is 1. The third-order valence-corrected chi connectivity index (χ3v) is 6.62. The molecule has 2 aromatic heterocycles. The minimum absolute atomic E-state index is 0.0446. The lowest BCUT2D eigenvalue weighted by Crippen LogP contribution is -2.35. The fourth-order valence-corrected chi connectivity index (χ4v) is 4.54. The van der Waals surface area contributed by atoms with Gasteiger partial charge in [0, 0.05) is 37.0 Å². The van der Waals surface area contributed by atoms with Crippen molar-refractivity contribution in [3.63, 3.8) is 0 Å². The van der Waals surface area contributed by atoms with Gasteiger partial charge in [-0.25, -0.2) is 4.98 Å². The van der Waals surface area contributed by atoms with Crippen LogP contribution in [0.3, 0.4) is 0 Å². The van der Waals surface area contributed by atoms with Crippen molar-refractivity contribution in [1.29, 1.82) is 0 Å². The van der Waals surface area contributed by atoms with Crippen LogP contribution in [0.4, 0.5) is 24.8 Å². The van der Waals surface area contributed by atoms with E-state index in [0.717, 1.165) is 38.8 Å². The molecule has 1 unspecified atom stereocenters. The van der Waals surface area contributed by atoms with Gasteiger partial charge >= 0.3 is 6.30 Å². The lowest BCUT2D eigenvalue weighted by Gasteiger charge is -2.29. The average molecular weight is 528 g/mol. The Hall–Kier alpha value is -3.62. The highest BCUT2D eigenvalue weighted by atomic mass is 19.4. The number of ether oxygens (including phenoxy) is 2. The zero-order chi connectivity index (χ0) is 26.7. The van der Waals surface area contributed by atoms with Crippen molar-refractivity contribution in [3.8, 4) is 17.6 Å². The van der Waals surface area contributed by atoms with Gasteiger partial charge in [-0.2, -0.15) is 9.55 Å². The lowest BCUT2D eigenvalue weighted by atomic mass is 10.1. The van der Waals surface area contributed by atoms with Gasteiger partial charge in [-0.1, -0.05) is 11.8 Å². The number of piperidine rings is 1. The van der Waals surface area contributed by atoms with E-state index in [0.29, 0.717) is 24.5 Å². The summed E-state index contributed by atoms with van der Waals surface area (Å²) in [6.07, 6.45) is 0.408. The molecule has 0 spiro atoms. The summed E-state index contributed by atoms with van der Waals surface area (Å²) in [5.74, 6) is 6.00. The van der Waals surface area contributed by atoms with E-state index in [9.17, 15) is 18.0 Å². The minimum Gasteiger partial charge on any atom is -0.490 e. The van der Waals surface area contributed by atoms with Gasteiger partial charge in [-0.3, -0.25) is 4.79 Å². The number of likely N-dealkylation sites (tertiary alicyclic amines) is 1. The molecule has 0 aliphatic carbocycles. The normalized spacial score (nSPS) is 19.1. The van der Waals surface area contributed by atoms with E-state index in [1.54, 1.807) is 24.3 Å². The number of nitrogens with zero attached hydrogens (tertiary/aromatic N) is 4. The summed E-state index contributed by atoms with van der Waals surface area (Å²) in [6, 6.07) is 8.33. The third-order valence-electron chi connectivity index (χ3n) is 6.62. The Morgan fingerprint density at radius 3 is 2.58 bits per heavy atom. The first-order chi connectivity index (χ1) is 18.3. The molecule has 1 atom stereocenters. The van der Waals surface area contributed by atoms with Crippen molar-refractivity contribution in [2.45, 2.75) is 50.6 Å². The van der Waals surface area contributed by atoms with Crippen LogP contribution in [-0.4, -0.2) is 58.4 Å². The van der Waals surface area contributed by atoms with Crippen molar-refractivity contribution in [3.05, 3.63) is 52.4 Å². The zero-order valence-electron chi connectivity index (χ0n) is 20.9. The van der Waals surface area contributed by atoms with Crippen LogP contribution in [0, 0.1) is 11.8 Å². The second kappa shape index (κ2) is 11.0. The van der Waals surface area contributed by atoms with E-state index in [1.165, 1.54) is 12.3 Å². The Labute approximate surface area is 217 Å². The molecule has 0 radical (unpaired) electrons. The van der Waals surface area contributed by atoms with Crippen LogP contribution < -0.4 is 15.6 Å². The molecule has 200 valence electrons. The maximum atomic E-state index is 14.0. The van der Waals surface area contributed by atoms with Gasteiger partial charge < -0.3 is 19.7 Å². The first kappa shape index (κ1) is 26.0. The van der Waals surface area contributed by atoms with Crippen molar-refractivity contribution >= 4 is 22.7 Å². The summed E-state index contributed by atoms with van der Waals surface area (Å²) < 4.78 is 53.1. The summed E-state index contributed by atoms with van der Waals surface area (Å²) in [5, 5.41) is 2.95. The van der Waals surface area contributed by atoms with E-state index < -0.39 is 23.6 Å². The fraction of sp³-hybridized carbons (Fsp3) is 0.444. The molecular weight excluding hydrogens is 499 g/mol.